The van der Waals surface area contributed by atoms with Crippen LogP contribution in [0.4, 0.5) is 0 Å². The molecule has 0 aliphatic heterocycles. The Labute approximate surface area is 101 Å². The van der Waals surface area contributed by atoms with Crippen LogP contribution in [0.5, 0.6) is 0 Å². The van der Waals surface area contributed by atoms with Crippen molar-refractivity contribution in [1.29, 1.82) is 0 Å². The van der Waals surface area contributed by atoms with Gasteiger partial charge >= 0.3 is 5.97 Å². The minimum Gasteiger partial charge on any atom is -0.477 e. The average molecular weight is 244 g/mol. The Morgan fingerprint density at radius 3 is 2.82 bits per heavy atom. The smallest absolute Gasteiger partial charge is 0.345 e. The Hall–Kier alpha value is -2.07. The minimum absolute atomic E-state index is 0.358. The molecular weight excluding hydrogens is 236 g/mol. The third-order valence-electron chi connectivity index (χ3n) is 2.53. The Kier molecular flexibility index (Phi) is 2.23. The number of aromatic carboxylic acids is 1. The molecule has 17 heavy (non-hydrogen) atoms. The molecule has 0 radical (unpaired) electrons. The molecule has 0 amide bonds. The van der Waals surface area contributed by atoms with Gasteiger partial charge in [0.05, 0.1) is 6.26 Å². The topological polar surface area (TPSA) is 50.4 Å². The van der Waals surface area contributed by atoms with Gasteiger partial charge in [0.1, 0.15) is 10.6 Å². The summed E-state index contributed by atoms with van der Waals surface area (Å²) in [4.78, 5) is 11.2. The molecule has 2 aromatic heterocycles. The summed E-state index contributed by atoms with van der Waals surface area (Å²) in [5, 5.41) is 9.86. The zero-order valence-electron chi connectivity index (χ0n) is 8.71. The van der Waals surface area contributed by atoms with E-state index in [0.29, 0.717) is 4.88 Å². The highest BCUT2D eigenvalue weighted by Gasteiger charge is 2.09. The van der Waals surface area contributed by atoms with Crippen LogP contribution in [0.1, 0.15) is 9.67 Å². The van der Waals surface area contributed by atoms with Crippen molar-refractivity contribution in [3.8, 4) is 11.3 Å². The van der Waals surface area contributed by atoms with Gasteiger partial charge in [0.25, 0.3) is 0 Å². The lowest BCUT2D eigenvalue weighted by Crippen LogP contribution is -1.89. The van der Waals surface area contributed by atoms with Gasteiger partial charge in [0.2, 0.25) is 0 Å². The average Bonchev–Trinajstić information content (AvgIpc) is 2.97. The lowest BCUT2D eigenvalue weighted by atomic mass is 10.1. The Morgan fingerprint density at radius 1 is 1.24 bits per heavy atom. The fraction of sp³-hybridized carbons (Fsp3) is 0. The molecule has 4 heteroatoms. The second-order valence-corrected chi connectivity index (χ2v) is 4.73. The molecule has 0 aliphatic carbocycles. The van der Waals surface area contributed by atoms with E-state index in [1.54, 1.807) is 12.3 Å². The Morgan fingerprint density at radius 2 is 2.12 bits per heavy atom. The van der Waals surface area contributed by atoms with Gasteiger partial charge in [0, 0.05) is 10.3 Å². The van der Waals surface area contributed by atoms with E-state index >= 15 is 0 Å². The molecule has 0 bridgehead atoms. The molecule has 3 aromatic rings. The summed E-state index contributed by atoms with van der Waals surface area (Å²) < 4.78 is 6.28. The van der Waals surface area contributed by atoms with Crippen molar-refractivity contribution in [1.82, 2.24) is 0 Å². The van der Waals surface area contributed by atoms with E-state index in [4.69, 9.17) is 9.52 Å². The number of carboxylic acid groups (broad SMARTS) is 1. The molecule has 0 fully saturated rings. The molecule has 3 rings (SSSR count). The first kappa shape index (κ1) is 10.1. The van der Waals surface area contributed by atoms with Gasteiger partial charge in [-0.05, 0) is 41.8 Å². The molecule has 0 saturated carbocycles. The van der Waals surface area contributed by atoms with Crippen LogP contribution in [0.25, 0.3) is 21.4 Å². The quantitative estimate of drug-likeness (QED) is 0.744. The Balaban J connectivity index is 2.16. The van der Waals surface area contributed by atoms with Crippen molar-refractivity contribution >= 4 is 27.4 Å². The van der Waals surface area contributed by atoms with Crippen LogP contribution in [0.2, 0.25) is 0 Å². The number of rotatable bonds is 2. The second kappa shape index (κ2) is 3.75. The predicted molar refractivity (Wildman–Crippen MR) is 66.5 cm³/mol. The maximum atomic E-state index is 10.9. The monoisotopic (exact) mass is 244 g/mol. The van der Waals surface area contributed by atoms with E-state index in [1.807, 2.05) is 30.3 Å². The lowest BCUT2D eigenvalue weighted by Gasteiger charge is -1.96. The normalized spacial score (nSPS) is 10.8. The van der Waals surface area contributed by atoms with E-state index in [2.05, 4.69) is 0 Å². The van der Waals surface area contributed by atoms with Gasteiger partial charge in [-0.25, -0.2) is 4.79 Å². The highest BCUT2D eigenvalue weighted by atomic mass is 32.1. The van der Waals surface area contributed by atoms with Crippen LogP contribution < -0.4 is 0 Å². The van der Waals surface area contributed by atoms with Crippen molar-refractivity contribution in [2.75, 3.05) is 0 Å². The maximum Gasteiger partial charge on any atom is 0.345 e. The van der Waals surface area contributed by atoms with Crippen LogP contribution in [0, 0.1) is 0 Å². The summed E-state index contributed by atoms with van der Waals surface area (Å²) in [6.07, 6.45) is 1.62. The number of furan rings is 1. The van der Waals surface area contributed by atoms with E-state index in [9.17, 15) is 4.79 Å². The van der Waals surface area contributed by atoms with Crippen molar-refractivity contribution in [3.05, 3.63) is 47.5 Å². The minimum atomic E-state index is -0.884. The number of fused-ring (bicyclic) bond motifs is 1. The molecule has 3 nitrogen and oxygen atoms in total. The Bertz CT molecular complexity index is 680. The molecule has 1 N–H and O–H groups in total. The maximum absolute atomic E-state index is 10.9. The highest BCUT2D eigenvalue weighted by molar-refractivity contribution is 7.20. The summed E-state index contributed by atoms with van der Waals surface area (Å²) >= 11 is 1.28. The first-order chi connectivity index (χ1) is 8.24. The van der Waals surface area contributed by atoms with Crippen LogP contribution in [0.15, 0.2) is 47.1 Å². The zero-order valence-corrected chi connectivity index (χ0v) is 9.53. The molecule has 0 unspecified atom stereocenters. The number of hydrogen-bond acceptors (Lipinski definition) is 3. The summed E-state index contributed by atoms with van der Waals surface area (Å²) in [7, 11) is 0. The van der Waals surface area contributed by atoms with Gasteiger partial charge < -0.3 is 9.52 Å². The standard InChI is InChI=1S/C13H8O3S/c14-13(15)12-7-9-6-8(3-4-11(9)17-12)10-2-1-5-16-10/h1-7H,(H,14,15). The fourth-order valence-corrected chi connectivity index (χ4v) is 2.63. The summed E-state index contributed by atoms with van der Waals surface area (Å²) in [5.74, 6) is -0.0966. The molecule has 1 aromatic carbocycles. The molecule has 0 spiro atoms. The van der Waals surface area contributed by atoms with Crippen molar-refractivity contribution in [3.63, 3.8) is 0 Å². The summed E-state index contributed by atoms with van der Waals surface area (Å²) in [5.41, 5.74) is 0.956. The molecule has 0 atom stereocenters. The zero-order chi connectivity index (χ0) is 11.8. The molecular formula is C13H8O3S. The number of thiophene rings is 1. The lowest BCUT2D eigenvalue weighted by molar-refractivity contribution is 0.0702. The van der Waals surface area contributed by atoms with Crippen LogP contribution >= 0.6 is 11.3 Å². The third-order valence-corrected chi connectivity index (χ3v) is 3.64. The van der Waals surface area contributed by atoms with E-state index < -0.39 is 5.97 Å². The highest BCUT2D eigenvalue weighted by Crippen LogP contribution is 2.30. The van der Waals surface area contributed by atoms with Crippen LogP contribution in [0.3, 0.4) is 0 Å². The van der Waals surface area contributed by atoms with Gasteiger partial charge in [-0.1, -0.05) is 0 Å². The first-order valence-corrected chi connectivity index (χ1v) is 5.86. The largest absolute Gasteiger partial charge is 0.477 e. The van der Waals surface area contributed by atoms with Crippen molar-refractivity contribution < 1.29 is 14.3 Å². The number of carbonyl (C=O) groups is 1. The van der Waals surface area contributed by atoms with Crippen LogP contribution in [-0.2, 0) is 0 Å². The van der Waals surface area contributed by atoms with Gasteiger partial charge in [-0.3, -0.25) is 0 Å². The molecule has 2 heterocycles. The third kappa shape index (κ3) is 1.72. The van der Waals surface area contributed by atoms with E-state index in [1.165, 1.54) is 11.3 Å². The summed E-state index contributed by atoms with van der Waals surface area (Å²) in [6.45, 7) is 0. The van der Waals surface area contributed by atoms with Gasteiger partial charge in [-0.15, -0.1) is 11.3 Å². The fourth-order valence-electron chi connectivity index (χ4n) is 1.74. The van der Waals surface area contributed by atoms with Gasteiger partial charge in [0.15, 0.2) is 0 Å². The molecule has 0 saturated heterocycles. The second-order valence-electron chi connectivity index (χ2n) is 3.65. The number of carboxylic acids is 1. The van der Waals surface area contributed by atoms with Crippen LogP contribution in [-0.4, -0.2) is 11.1 Å². The number of benzene rings is 1. The van der Waals surface area contributed by atoms with Crippen molar-refractivity contribution in [2.45, 2.75) is 0 Å². The molecule has 0 aliphatic rings. The van der Waals surface area contributed by atoms with Gasteiger partial charge in [-0.2, -0.15) is 0 Å². The molecule has 84 valence electrons. The van der Waals surface area contributed by atoms with Crippen molar-refractivity contribution in [2.24, 2.45) is 0 Å². The SMILES string of the molecule is O=C(O)c1cc2cc(-c3ccco3)ccc2s1. The predicted octanol–water partition coefficient (Wildman–Crippen LogP) is 3.86. The summed E-state index contributed by atoms with van der Waals surface area (Å²) in [6, 6.07) is 11.2. The number of hydrogen-bond donors (Lipinski definition) is 1. The first-order valence-electron chi connectivity index (χ1n) is 5.05. The van der Waals surface area contributed by atoms with E-state index in [0.717, 1.165) is 21.4 Å². The van der Waals surface area contributed by atoms with E-state index in [-0.39, 0.29) is 0 Å².